The van der Waals surface area contributed by atoms with E-state index in [2.05, 4.69) is 0 Å². The SMILES string of the molecule is FOF.[Mg]. The number of hydrogen-bond donors (Lipinski definition) is 0. The summed E-state index contributed by atoms with van der Waals surface area (Å²) in [6, 6.07) is 0. The van der Waals surface area contributed by atoms with Gasteiger partial charge in [-0.1, -0.05) is 0 Å². The van der Waals surface area contributed by atoms with E-state index in [1.807, 2.05) is 0 Å². The quantitative estimate of drug-likeness (QED) is 0.381. The lowest BCUT2D eigenvalue weighted by molar-refractivity contribution is -0.317. The van der Waals surface area contributed by atoms with Gasteiger partial charge in [-0.2, -0.15) is 0 Å². The molecule has 0 rings (SSSR count). The summed E-state index contributed by atoms with van der Waals surface area (Å²) in [5, 5.41) is 1.25. The summed E-state index contributed by atoms with van der Waals surface area (Å²) in [6.07, 6.45) is 0. The molecular weight excluding hydrogens is 78.3 g/mol. The topological polar surface area (TPSA) is 9.23 Å². The minimum Gasteiger partial charge on any atom is -0.0104 e. The van der Waals surface area contributed by atoms with Crippen molar-refractivity contribution in [3.8, 4) is 0 Å². The first-order chi connectivity index (χ1) is 1.41. The summed E-state index contributed by atoms with van der Waals surface area (Å²) in [7, 11) is 0. The lowest BCUT2D eigenvalue weighted by Crippen LogP contribution is -1.26. The second-order valence-corrected chi connectivity index (χ2v) is 0.0583. The van der Waals surface area contributed by atoms with Crippen LogP contribution < -0.4 is 0 Å². The lowest BCUT2D eigenvalue weighted by atomic mass is 15.4. The van der Waals surface area contributed by atoms with Gasteiger partial charge in [-0.05, 0) is 9.05 Å². The number of rotatable bonds is 0. The maximum absolute atomic E-state index is 9.12. The van der Waals surface area contributed by atoms with Crippen LogP contribution in [0.4, 0.5) is 9.05 Å². The van der Waals surface area contributed by atoms with Crippen molar-refractivity contribution in [3.63, 3.8) is 0 Å². The molecule has 0 atom stereocenters. The molecule has 4 heteroatoms. The van der Waals surface area contributed by atoms with Crippen molar-refractivity contribution < 1.29 is 14.2 Å². The first-order valence-electron chi connectivity index (χ1n) is 0.309. The summed E-state index contributed by atoms with van der Waals surface area (Å²) < 4.78 is 18.2. The molecule has 22 valence electrons. The molecule has 2 radical (unpaired) electrons. The Labute approximate surface area is 37.9 Å². The smallest absolute Gasteiger partial charge is 0.0104 e. The maximum atomic E-state index is 9.12. The molecule has 0 amide bonds. The van der Waals surface area contributed by atoms with Crippen LogP contribution in [0.15, 0.2) is 0 Å². The van der Waals surface area contributed by atoms with Crippen LogP contribution in [0.3, 0.4) is 0 Å². The Morgan fingerprint density at radius 3 is 1.25 bits per heavy atom. The van der Waals surface area contributed by atoms with Gasteiger partial charge in [0.25, 0.3) is 0 Å². The summed E-state index contributed by atoms with van der Waals surface area (Å²) in [5.74, 6) is 0. The van der Waals surface area contributed by atoms with Crippen LogP contribution in [-0.2, 0) is 5.15 Å². The van der Waals surface area contributed by atoms with Gasteiger partial charge in [-0.3, -0.25) is 0 Å². The van der Waals surface area contributed by atoms with Gasteiger partial charge in [-0.15, -0.1) is 0 Å². The van der Waals surface area contributed by atoms with Crippen LogP contribution in [0.5, 0.6) is 0 Å². The Balaban J connectivity index is 0. The van der Waals surface area contributed by atoms with Crippen molar-refractivity contribution in [2.75, 3.05) is 0 Å². The fourth-order valence-electron chi connectivity index (χ4n) is 0. The van der Waals surface area contributed by atoms with Crippen LogP contribution in [0, 0.1) is 0 Å². The zero-order chi connectivity index (χ0) is 2.71. The maximum Gasteiger partial charge on any atom is 0.0209 e. The Morgan fingerprint density at radius 2 is 1.25 bits per heavy atom. The molecule has 0 aliphatic carbocycles. The molecule has 0 spiro atoms. The summed E-state index contributed by atoms with van der Waals surface area (Å²) in [6.45, 7) is 0. The van der Waals surface area contributed by atoms with Gasteiger partial charge in [0.05, 0.1) is 0 Å². The molecule has 0 N–H and O–H groups in total. The van der Waals surface area contributed by atoms with Gasteiger partial charge in [0.15, 0.2) is 0 Å². The fraction of sp³-hybridized carbons (Fsp3) is 0. The largest absolute Gasteiger partial charge is 0.0209 e. The standard InChI is InChI=1S/F2O.Mg/c1-3-2;. The van der Waals surface area contributed by atoms with Gasteiger partial charge in [0.1, 0.15) is 0 Å². The van der Waals surface area contributed by atoms with Crippen molar-refractivity contribution in [1.82, 2.24) is 0 Å². The summed E-state index contributed by atoms with van der Waals surface area (Å²) in [4.78, 5) is 0. The van der Waals surface area contributed by atoms with Gasteiger partial charge in [-0.25, -0.2) is 0 Å². The zero-order valence-corrected chi connectivity index (χ0v) is 3.29. The average molecular weight is 78.3 g/mol. The second kappa shape index (κ2) is 9.53. The highest BCUT2D eigenvalue weighted by atomic mass is 24.3. The fourth-order valence-corrected chi connectivity index (χ4v) is 0. The molecule has 0 unspecified atom stereocenters. The molecule has 0 aliphatic rings. The number of halogens is 2. The van der Waals surface area contributed by atoms with Gasteiger partial charge >= 0.3 is 0 Å². The molecule has 4 heavy (non-hydrogen) atoms. The molecule has 0 saturated carbocycles. The highest BCUT2D eigenvalue weighted by Crippen LogP contribution is 1.61. The summed E-state index contributed by atoms with van der Waals surface area (Å²) >= 11 is 0. The predicted molar refractivity (Wildman–Crippen MR) is 9.05 cm³/mol. The Kier molecular flexibility index (Phi) is 21.0. The van der Waals surface area contributed by atoms with Crippen molar-refractivity contribution in [2.45, 2.75) is 0 Å². The van der Waals surface area contributed by atoms with Crippen molar-refractivity contribution in [1.29, 1.82) is 0 Å². The van der Waals surface area contributed by atoms with Crippen molar-refractivity contribution >= 4 is 23.1 Å². The van der Waals surface area contributed by atoms with Gasteiger partial charge in [0.2, 0.25) is 0 Å². The van der Waals surface area contributed by atoms with Crippen LogP contribution in [-0.4, -0.2) is 23.1 Å². The highest BCUT2D eigenvalue weighted by molar-refractivity contribution is 5.75. The average Bonchev–Trinajstić information content (AvgIpc) is 0.918. The molecule has 0 fully saturated rings. The third-order valence-corrected chi connectivity index (χ3v) is 0. The first-order valence-corrected chi connectivity index (χ1v) is 0.309. The monoisotopic (exact) mass is 78.0 g/mol. The normalized spacial score (nSPS) is 4.50. The Hall–Kier alpha value is 0.586. The van der Waals surface area contributed by atoms with Crippen LogP contribution in [0.1, 0.15) is 0 Å². The van der Waals surface area contributed by atoms with E-state index in [9.17, 15) is 0 Å². The van der Waals surface area contributed by atoms with E-state index < -0.39 is 0 Å². The molecule has 1 nitrogen and oxygen atoms in total. The molecular formula is F2MgO. The molecule has 0 aliphatic heterocycles. The molecule has 0 heterocycles. The van der Waals surface area contributed by atoms with Crippen LogP contribution >= 0.6 is 0 Å². The van der Waals surface area contributed by atoms with E-state index in [1.165, 1.54) is 5.15 Å². The van der Waals surface area contributed by atoms with Crippen molar-refractivity contribution in [2.24, 2.45) is 0 Å². The zero-order valence-electron chi connectivity index (χ0n) is 1.87. The van der Waals surface area contributed by atoms with E-state index in [-0.39, 0.29) is 23.1 Å². The second-order valence-electron chi connectivity index (χ2n) is 0.0583. The van der Waals surface area contributed by atoms with E-state index in [0.717, 1.165) is 0 Å². The third-order valence-electron chi connectivity index (χ3n) is 0. The molecule has 0 aromatic carbocycles. The van der Waals surface area contributed by atoms with E-state index in [1.54, 1.807) is 0 Å². The Bertz CT molecular complexity index is 6.00. The third kappa shape index (κ3) is 18.9. The lowest BCUT2D eigenvalue weighted by Gasteiger charge is -1.41. The summed E-state index contributed by atoms with van der Waals surface area (Å²) in [5.41, 5.74) is 0. The molecule has 0 bridgehead atoms. The molecule has 0 aromatic heterocycles. The van der Waals surface area contributed by atoms with E-state index >= 15 is 0 Å². The Morgan fingerprint density at radius 1 is 1.25 bits per heavy atom. The van der Waals surface area contributed by atoms with Crippen LogP contribution in [0.2, 0.25) is 0 Å². The van der Waals surface area contributed by atoms with E-state index in [4.69, 9.17) is 9.05 Å². The minimum atomic E-state index is 0. The molecule has 0 aromatic rings. The molecule has 0 saturated heterocycles. The van der Waals surface area contributed by atoms with E-state index in [0.29, 0.717) is 0 Å². The van der Waals surface area contributed by atoms with Crippen LogP contribution in [0.25, 0.3) is 0 Å². The minimum absolute atomic E-state index is 0. The number of hydrogen-bond acceptors (Lipinski definition) is 1. The predicted octanol–water partition coefficient (Wildman–Crippen LogP) is 0.391. The highest BCUT2D eigenvalue weighted by Gasteiger charge is 1.42. The van der Waals surface area contributed by atoms with Gasteiger partial charge in [0, 0.05) is 28.2 Å². The van der Waals surface area contributed by atoms with Gasteiger partial charge < -0.3 is 0 Å². The first kappa shape index (κ1) is 8.82. The van der Waals surface area contributed by atoms with Crippen molar-refractivity contribution in [3.05, 3.63) is 0 Å².